The van der Waals surface area contributed by atoms with Gasteiger partial charge in [0.15, 0.2) is 0 Å². The second-order valence-electron chi connectivity index (χ2n) is 10.6. The molecule has 0 unspecified atom stereocenters. The van der Waals surface area contributed by atoms with E-state index in [2.05, 4.69) is 25.9 Å². The molecule has 5 heterocycles. The maximum absolute atomic E-state index is 13.2. The molecule has 1 amide bonds. The summed E-state index contributed by atoms with van der Waals surface area (Å²) in [4.78, 5) is 30.2. The lowest BCUT2D eigenvalue weighted by Gasteiger charge is -2.46. The van der Waals surface area contributed by atoms with E-state index in [-0.39, 0.29) is 5.91 Å². The number of benzene rings is 2. The van der Waals surface area contributed by atoms with E-state index in [4.69, 9.17) is 4.74 Å². The standard InChI is InChI=1S/C32H31N5O2/c1-39-29-12-11-26-31(25-16-27(34-18-28(25)35-26)23-6-5-13-33-17-23)30(29)21-7-9-22(10-8-21)32(38)37-19-24(20-37)36-14-3-2-4-15-36/h5-13,16-18,24,35H,2-4,14-15,19-20H2,1H3. The number of piperidine rings is 1. The molecular weight excluding hydrogens is 486 g/mol. The predicted molar refractivity (Wildman–Crippen MR) is 154 cm³/mol. The molecule has 2 aliphatic heterocycles. The summed E-state index contributed by atoms with van der Waals surface area (Å²) < 4.78 is 5.83. The molecule has 2 aromatic carbocycles. The topological polar surface area (TPSA) is 74.3 Å². The number of rotatable bonds is 5. The zero-order valence-electron chi connectivity index (χ0n) is 22.1. The molecule has 0 radical (unpaired) electrons. The normalized spacial score (nSPS) is 16.5. The van der Waals surface area contributed by atoms with Crippen molar-refractivity contribution in [3.63, 3.8) is 0 Å². The number of likely N-dealkylation sites (tertiary alicyclic amines) is 2. The number of hydrogen-bond acceptors (Lipinski definition) is 5. The van der Waals surface area contributed by atoms with E-state index >= 15 is 0 Å². The van der Waals surface area contributed by atoms with Gasteiger partial charge < -0.3 is 14.6 Å². The number of amides is 1. The maximum Gasteiger partial charge on any atom is 0.253 e. The zero-order valence-corrected chi connectivity index (χ0v) is 22.1. The maximum atomic E-state index is 13.2. The molecule has 7 rings (SSSR count). The minimum Gasteiger partial charge on any atom is -0.496 e. The quantitative estimate of drug-likeness (QED) is 0.321. The van der Waals surface area contributed by atoms with E-state index < -0.39 is 0 Å². The highest BCUT2D eigenvalue weighted by molar-refractivity contribution is 6.16. The van der Waals surface area contributed by atoms with Crippen molar-refractivity contribution >= 4 is 27.7 Å². The summed E-state index contributed by atoms with van der Waals surface area (Å²) in [5.74, 6) is 0.897. The Hall–Kier alpha value is -4.23. The van der Waals surface area contributed by atoms with Crippen LogP contribution in [0, 0.1) is 0 Å². The number of aromatic amines is 1. The molecule has 7 nitrogen and oxygen atoms in total. The fourth-order valence-corrected chi connectivity index (χ4v) is 6.10. The van der Waals surface area contributed by atoms with Crippen molar-refractivity contribution in [3.8, 4) is 28.1 Å². The van der Waals surface area contributed by atoms with Crippen molar-refractivity contribution in [1.29, 1.82) is 0 Å². The van der Waals surface area contributed by atoms with Gasteiger partial charge >= 0.3 is 0 Å². The minimum absolute atomic E-state index is 0.110. The number of nitrogens with zero attached hydrogens (tertiary/aromatic N) is 4. The Morgan fingerprint density at radius 1 is 0.949 bits per heavy atom. The van der Waals surface area contributed by atoms with Crippen molar-refractivity contribution in [2.24, 2.45) is 0 Å². The number of fused-ring (bicyclic) bond motifs is 3. The third kappa shape index (κ3) is 4.23. The van der Waals surface area contributed by atoms with Crippen LogP contribution in [0.4, 0.5) is 0 Å². The molecule has 3 aromatic heterocycles. The highest BCUT2D eigenvalue weighted by Crippen LogP contribution is 2.41. The first kappa shape index (κ1) is 23.9. The second-order valence-corrected chi connectivity index (χ2v) is 10.6. The summed E-state index contributed by atoms with van der Waals surface area (Å²) in [5, 5.41) is 2.14. The number of H-pyrrole nitrogens is 1. The average Bonchev–Trinajstić information content (AvgIpc) is 3.35. The van der Waals surface area contributed by atoms with E-state index in [1.165, 1.54) is 32.4 Å². The van der Waals surface area contributed by atoms with Crippen LogP contribution in [0.5, 0.6) is 5.75 Å². The van der Waals surface area contributed by atoms with Gasteiger partial charge in [0.25, 0.3) is 5.91 Å². The highest BCUT2D eigenvalue weighted by atomic mass is 16.5. The Labute approximate surface area is 227 Å². The monoisotopic (exact) mass is 517 g/mol. The molecule has 0 spiro atoms. The van der Waals surface area contributed by atoms with Gasteiger partial charge in [-0.2, -0.15) is 0 Å². The van der Waals surface area contributed by atoms with Crippen molar-refractivity contribution in [3.05, 3.63) is 78.8 Å². The lowest BCUT2D eigenvalue weighted by atomic mass is 9.96. The van der Waals surface area contributed by atoms with Gasteiger partial charge in [-0.25, -0.2) is 0 Å². The van der Waals surface area contributed by atoms with E-state index in [0.717, 1.165) is 68.6 Å². The molecule has 2 aliphatic rings. The average molecular weight is 518 g/mol. The van der Waals surface area contributed by atoms with Gasteiger partial charge in [-0.3, -0.25) is 19.7 Å². The Morgan fingerprint density at radius 3 is 2.51 bits per heavy atom. The number of methoxy groups -OCH3 is 1. The molecule has 2 saturated heterocycles. The number of hydrogen-bond donors (Lipinski definition) is 1. The Balaban J connectivity index is 1.22. The minimum atomic E-state index is 0.110. The fourth-order valence-electron chi connectivity index (χ4n) is 6.10. The zero-order chi connectivity index (χ0) is 26.3. The van der Waals surface area contributed by atoms with E-state index in [1.54, 1.807) is 13.3 Å². The van der Waals surface area contributed by atoms with Crippen molar-refractivity contribution in [1.82, 2.24) is 24.8 Å². The van der Waals surface area contributed by atoms with Crippen LogP contribution in [0.15, 0.2) is 73.2 Å². The Morgan fingerprint density at radius 2 is 1.77 bits per heavy atom. The van der Waals surface area contributed by atoms with Gasteiger partial charge in [0.1, 0.15) is 5.75 Å². The lowest BCUT2D eigenvalue weighted by Crippen LogP contribution is -2.61. The molecule has 0 aliphatic carbocycles. The summed E-state index contributed by atoms with van der Waals surface area (Å²) in [7, 11) is 1.70. The van der Waals surface area contributed by atoms with Gasteiger partial charge in [0, 0.05) is 64.5 Å². The first-order valence-electron chi connectivity index (χ1n) is 13.7. The summed E-state index contributed by atoms with van der Waals surface area (Å²) >= 11 is 0. The number of carbonyl (C=O) groups excluding carboxylic acids is 1. The first-order chi connectivity index (χ1) is 19.2. The van der Waals surface area contributed by atoms with Gasteiger partial charge in [0.2, 0.25) is 0 Å². The highest BCUT2D eigenvalue weighted by Gasteiger charge is 2.35. The predicted octanol–water partition coefficient (Wildman–Crippen LogP) is 5.76. The van der Waals surface area contributed by atoms with E-state index in [9.17, 15) is 4.79 Å². The molecule has 1 N–H and O–H groups in total. The van der Waals surface area contributed by atoms with Crippen LogP contribution in [0.2, 0.25) is 0 Å². The molecule has 5 aromatic rings. The fraction of sp³-hybridized carbons (Fsp3) is 0.281. The largest absolute Gasteiger partial charge is 0.496 e. The second kappa shape index (κ2) is 9.82. The van der Waals surface area contributed by atoms with E-state index in [1.807, 2.05) is 65.8 Å². The first-order valence-corrected chi connectivity index (χ1v) is 13.7. The number of pyridine rings is 2. The van der Waals surface area contributed by atoms with Crippen LogP contribution >= 0.6 is 0 Å². The van der Waals surface area contributed by atoms with Crippen LogP contribution < -0.4 is 4.74 Å². The van der Waals surface area contributed by atoms with Crippen LogP contribution in [0.25, 0.3) is 44.2 Å². The van der Waals surface area contributed by atoms with Crippen LogP contribution in [0.3, 0.4) is 0 Å². The summed E-state index contributed by atoms with van der Waals surface area (Å²) in [6.45, 7) is 4.00. The molecule has 0 bridgehead atoms. The summed E-state index contributed by atoms with van der Waals surface area (Å²) in [6.07, 6.45) is 9.35. The molecule has 0 atom stereocenters. The van der Waals surface area contributed by atoms with Crippen molar-refractivity contribution < 1.29 is 9.53 Å². The molecule has 2 fully saturated rings. The molecule has 196 valence electrons. The molecular formula is C32H31N5O2. The van der Waals surface area contributed by atoms with Gasteiger partial charge in [-0.1, -0.05) is 18.6 Å². The number of carbonyl (C=O) groups is 1. The van der Waals surface area contributed by atoms with Crippen LogP contribution in [0.1, 0.15) is 29.6 Å². The smallest absolute Gasteiger partial charge is 0.253 e. The van der Waals surface area contributed by atoms with Crippen LogP contribution in [-0.2, 0) is 0 Å². The number of nitrogens with one attached hydrogen (secondary N) is 1. The SMILES string of the molecule is COc1ccc2[nH]c3cnc(-c4cccnc4)cc3c2c1-c1ccc(C(=O)N2CC(N3CCCCC3)C2)cc1. The van der Waals surface area contributed by atoms with Crippen molar-refractivity contribution in [2.45, 2.75) is 25.3 Å². The summed E-state index contributed by atoms with van der Waals surface area (Å²) in [5.41, 5.74) is 6.53. The van der Waals surface area contributed by atoms with Gasteiger partial charge in [-0.15, -0.1) is 0 Å². The van der Waals surface area contributed by atoms with E-state index in [0.29, 0.717) is 6.04 Å². The molecule has 39 heavy (non-hydrogen) atoms. The molecule has 0 saturated carbocycles. The number of ether oxygens (including phenoxy) is 1. The van der Waals surface area contributed by atoms with Gasteiger partial charge in [0.05, 0.1) is 24.5 Å². The lowest BCUT2D eigenvalue weighted by molar-refractivity contribution is 0.0203. The Bertz CT molecular complexity index is 1650. The third-order valence-electron chi connectivity index (χ3n) is 8.26. The number of aromatic nitrogens is 3. The summed E-state index contributed by atoms with van der Waals surface area (Å²) in [6, 6.07) is 18.6. The van der Waals surface area contributed by atoms with Gasteiger partial charge in [-0.05, 0) is 74.0 Å². The third-order valence-corrected chi connectivity index (χ3v) is 8.26. The molecule has 7 heteroatoms. The van der Waals surface area contributed by atoms with Crippen molar-refractivity contribution in [2.75, 3.05) is 33.3 Å². The van der Waals surface area contributed by atoms with Crippen LogP contribution in [-0.4, -0.2) is 70.0 Å². The Kier molecular flexibility index (Phi) is 6.01.